The van der Waals surface area contributed by atoms with E-state index in [2.05, 4.69) is 15.2 Å². The Labute approximate surface area is 169 Å². The number of carbonyl (C=O) groups is 2. The molecule has 1 aromatic heterocycles. The van der Waals surface area contributed by atoms with Gasteiger partial charge in [-0.1, -0.05) is 0 Å². The van der Waals surface area contributed by atoms with Crippen LogP contribution in [0.3, 0.4) is 0 Å². The van der Waals surface area contributed by atoms with Gasteiger partial charge in [0, 0.05) is 19.3 Å². The average molecular weight is 405 g/mol. The van der Waals surface area contributed by atoms with Gasteiger partial charge >= 0.3 is 6.09 Å². The molecular weight excluding hydrogens is 377 g/mol. The quantitative estimate of drug-likeness (QED) is 0.802. The molecule has 2 bridgehead atoms. The predicted molar refractivity (Wildman–Crippen MR) is 107 cm³/mol. The van der Waals surface area contributed by atoms with Gasteiger partial charge in [0.15, 0.2) is 5.67 Å². The SMILES string of the molecule is CC(C)(C)OC(=O)N1C2CCC1CN(c1ccnc(N)c1NC(=O)C1(F)CC1)C2. The lowest BCUT2D eigenvalue weighted by molar-refractivity contribution is -0.122. The van der Waals surface area contributed by atoms with Crippen molar-refractivity contribution in [2.24, 2.45) is 0 Å². The molecule has 8 nitrogen and oxygen atoms in total. The number of fused-ring (bicyclic) bond motifs is 2. The molecular formula is C20H28FN5O3. The lowest BCUT2D eigenvalue weighted by atomic mass is 10.1. The minimum absolute atomic E-state index is 0.0116. The lowest BCUT2D eigenvalue weighted by Crippen LogP contribution is -2.57. The lowest BCUT2D eigenvalue weighted by Gasteiger charge is -2.42. The van der Waals surface area contributed by atoms with E-state index in [0.29, 0.717) is 24.5 Å². The number of nitrogen functional groups attached to an aromatic ring is 1. The van der Waals surface area contributed by atoms with Gasteiger partial charge in [0.1, 0.15) is 17.1 Å². The van der Waals surface area contributed by atoms with E-state index in [1.165, 1.54) is 0 Å². The Morgan fingerprint density at radius 1 is 1.28 bits per heavy atom. The largest absolute Gasteiger partial charge is 0.444 e. The molecule has 1 aliphatic carbocycles. The van der Waals surface area contributed by atoms with Crippen LogP contribution in [0.15, 0.2) is 12.3 Å². The van der Waals surface area contributed by atoms with Crippen LogP contribution in [0.1, 0.15) is 46.5 Å². The van der Waals surface area contributed by atoms with E-state index in [4.69, 9.17) is 10.5 Å². The number of amides is 2. The molecule has 3 aliphatic rings. The predicted octanol–water partition coefficient (Wildman–Crippen LogP) is 2.69. The summed E-state index contributed by atoms with van der Waals surface area (Å²) in [6.45, 7) is 6.74. The molecule has 1 saturated carbocycles. The number of alkyl halides is 1. The van der Waals surface area contributed by atoms with E-state index in [1.54, 1.807) is 12.3 Å². The Bertz CT molecular complexity index is 822. The first-order valence-electron chi connectivity index (χ1n) is 10.1. The number of hydrogen-bond donors (Lipinski definition) is 2. The van der Waals surface area contributed by atoms with Gasteiger partial charge in [0.2, 0.25) is 0 Å². The van der Waals surface area contributed by atoms with E-state index >= 15 is 0 Å². The average Bonchev–Trinajstić information content (AvgIpc) is 3.32. The summed E-state index contributed by atoms with van der Waals surface area (Å²) in [5.41, 5.74) is 4.71. The van der Waals surface area contributed by atoms with Crippen LogP contribution in [0.4, 0.5) is 26.4 Å². The Kier molecular flexibility index (Phi) is 4.59. The van der Waals surface area contributed by atoms with Gasteiger partial charge in [-0.3, -0.25) is 9.69 Å². The first kappa shape index (κ1) is 19.7. The zero-order chi connectivity index (χ0) is 21.0. The number of piperazine rings is 1. The first-order valence-corrected chi connectivity index (χ1v) is 10.1. The molecule has 2 amide bonds. The summed E-state index contributed by atoms with van der Waals surface area (Å²) < 4.78 is 19.7. The molecule has 2 saturated heterocycles. The van der Waals surface area contributed by atoms with Crippen molar-refractivity contribution in [3.05, 3.63) is 12.3 Å². The molecule has 2 atom stereocenters. The number of anilines is 3. The van der Waals surface area contributed by atoms with E-state index in [0.717, 1.165) is 12.8 Å². The fourth-order valence-corrected chi connectivity index (χ4v) is 4.13. The molecule has 3 N–H and O–H groups in total. The van der Waals surface area contributed by atoms with Gasteiger partial charge in [-0.25, -0.2) is 14.2 Å². The van der Waals surface area contributed by atoms with Crippen LogP contribution in [-0.4, -0.2) is 58.3 Å². The number of hydrogen-bond acceptors (Lipinski definition) is 6. The van der Waals surface area contributed by atoms with E-state index in [-0.39, 0.29) is 36.8 Å². The second-order valence-corrected chi connectivity index (χ2v) is 9.19. The fourth-order valence-electron chi connectivity index (χ4n) is 4.13. The van der Waals surface area contributed by atoms with E-state index < -0.39 is 17.2 Å². The molecule has 3 fully saturated rings. The van der Waals surface area contributed by atoms with Crippen LogP contribution in [0.2, 0.25) is 0 Å². The maximum Gasteiger partial charge on any atom is 0.410 e. The Balaban J connectivity index is 1.53. The van der Waals surface area contributed by atoms with Gasteiger partial charge in [-0.15, -0.1) is 0 Å². The van der Waals surface area contributed by atoms with Crippen molar-refractivity contribution in [1.82, 2.24) is 9.88 Å². The van der Waals surface area contributed by atoms with Gasteiger partial charge < -0.3 is 20.7 Å². The van der Waals surface area contributed by atoms with Crippen molar-refractivity contribution in [2.45, 2.75) is 69.8 Å². The minimum atomic E-state index is -1.80. The number of rotatable bonds is 3. The Morgan fingerprint density at radius 2 is 1.90 bits per heavy atom. The highest BCUT2D eigenvalue weighted by Crippen LogP contribution is 2.43. The molecule has 158 valence electrons. The zero-order valence-electron chi connectivity index (χ0n) is 17.1. The zero-order valence-corrected chi connectivity index (χ0v) is 17.1. The van der Waals surface area contributed by atoms with Crippen LogP contribution in [0, 0.1) is 0 Å². The topological polar surface area (TPSA) is 101 Å². The molecule has 2 aliphatic heterocycles. The molecule has 0 aromatic carbocycles. The van der Waals surface area contributed by atoms with Crippen LogP contribution in [0.5, 0.6) is 0 Å². The molecule has 4 rings (SSSR count). The molecule has 29 heavy (non-hydrogen) atoms. The third-order valence-electron chi connectivity index (χ3n) is 5.72. The summed E-state index contributed by atoms with van der Waals surface area (Å²) >= 11 is 0. The Hall–Kier alpha value is -2.58. The second-order valence-electron chi connectivity index (χ2n) is 9.19. The number of carbonyl (C=O) groups excluding carboxylic acids is 2. The van der Waals surface area contributed by atoms with Gasteiger partial charge in [0.25, 0.3) is 5.91 Å². The third-order valence-corrected chi connectivity index (χ3v) is 5.72. The monoisotopic (exact) mass is 405 g/mol. The van der Waals surface area contributed by atoms with Gasteiger partial charge in [-0.2, -0.15) is 0 Å². The van der Waals surface area contributed by atoms with Crippen molar-refractivity contribution in [3.8, 4) is 0 Å². The molecule has 2 unspecified atom stereocenters. The highest BCUT2D eigenvalue weighted by molar-refractivity contribution is 6.03. The summed E-state index contributed by atoms with van der Waals surface area (Å²) in [5.74, 6) is -0.518. The fraction of sp³-hybridized carbons (Fsp3) is 0.650. The van der Waals surface area contributed by atoms with Gasteiger partial charge in [0.05, 0.1) is 17.8 Å². The summed E-state index contributed by atoms with van der Waals surface area (Å²) in [7, 11) is 0. The van der Waals surface area contributed by atoms with E-state index in [1.807, 2.05) is 25.7 Å². The van der Waals surface area contributed by atoms with Crippen LogP contribution in [0.25, 0.3) is 0 Å². The summed E-state index contributed by atoms with van der Waals surface area (Å²) in [5, 5.41) is 2.65. The minimum Gasteiger partial charge on any atom is -0.444 e. The third kappa shape index (κ3) is 3.82. The maximum atomic E-state index is 14.1. The second kappa shape index (κ2) is 6.74. The molecule has 0 radical (unpaired) electrons. The maximum absolute atomic E-state index is 14.1. The molecule has 9 heteroatoms. The first-order chi connectivity index (χ1) is 13.6. The van der Waals surface area contributed by atoms with Crippen molar-refractivity contribution >= 4 is 29.2 Å². The van der Waals surface area contributed by atoms with Crippen molar-refractivity contribution in [3.63, 3.8) is 0 Å². The van der Waals surface area contributed by atoms with Crippen molar-refractivity contribution < 1.29 is 18.7 Å². The van der Waals surface area contributed by atoms with Crippen molar-refractivity contribution in [2.75, 3.05) is 29.0 Å². The molecule has 3 heterocycles. The van der Waals surface area contributed by atoms with E-state index in [9.17, 15) is 14.0 Å². The number of halogens is 1. The number of nitrogens with zero attached hydrogens (tertiary/aromatic N) is 3. The standard InChI is InChI=1S/C20H28FN5O3/c1-19(2,3)29-18(28)26-12-4-5-13(26)11-25(10-12)14-6-9-23-16(22)15(14)24-17(27)20(21)7-8-20/h6,9,12-13H,4-5,7-8,10-11H2,1-3H3,(H2,22,23)(H,24,27). The highest BCUT2D eigenvalue weighted by atomic mass is 19.1. The number of pyridine rings is 1. The highest BCUT2D eigenvalue weighted by Gasteiger charge is 2.51. The summed E-state index contributed by atoms with van der Waals surface area (Å²) in [6.07, 6.45) is 3.51. The molecule has 0 spiro atoms. The number of nitrogens with two attached hydrogens (primary N) is 1. The number of aromatic nitrogens is 1. The van der Waals surface area contributed by atoms with Gasteiger partial charge in [-0.05, 0) is 52.5 Å². The summed E-state index contributed by atoms with van der Waals surface area (Å²) in [4.78, 5) is 32.9. The van der Waals surface area contributed by atoms with Crippen LogP contribution >= 0.6 is 0 Å². The van der Waals surface area contributed by atoms with Crippen LogP contribution in [-0.2, 0) is 9.53 Å². The van der Waals surface area contributed by atoms with Crippen molar-refractivity contribution in [1.29, 1.82) is 0 Å². The van der Waals surface area contributed by atoms with Crippen LogP contribution < -0.4 is 16.0 Å². The normalized spacial score (nSPS) is 25.0. The molecule has 1 aromatic rings. The smallest absolute Gasteiger partial charge is 0.410 e. The number of nitrogens with one attached hydrogen (secondary N) is 1. The number of ether oxygens (including phenoxy) is 1. The Morgan fingerprint density at radius 3 is 2.45 bits per heavy atom. The summed E-state index contributed by atoms with van der Waals surface area (Å²) in [6, 6.07) is 1.79.